The monoisotopic (exact) mass is 443 g/mol. The van der Waals surface area contributed by atoms with Gasteiger partial charge in [0, 0.05) is 12.7 Å². The Morgan fingerprint density at radius 2 is 2.17 bits per heavy atom. The van der Waals surface area contributed by atoms with Crippen LogP contribution >= 0.6 is 23.1 Å². The van der Waals surface area contributed by atoms with Crippen molar-refractivity contribution in [1.82, 2.24) is 15.2 Å². The van der Waals surface area contributed by atoms with Crippen LogP contribution in [0, 0.1) is 6.92 Å². The van der Waals surface area contributed by atoms with Gasteiger partial charge in [-0.3, -0.25) is 9.69 Å². The standard InChI is InChI=1S/C21H25N5O2S2/c1-14-11-15(28-10-9-26-7-3-2-4-8-26)5-6-17(14)24-21-25-19(27)18(30-21)12-16-13-23-20(22)29-16/h5-6,11-13H,2-4,7-10H2,1H3,(H2,22,23)(H,24,25,27). The minimum atomic E-state index is -0.166. The number of amides is 1. The lowest BCUT2D eigenvalue weighted by atomic mass is 10.1. The summed E-state index contributed by atoms with van der Waals surface area (Å²) in [7, 11) is 0. The highest BCUT2D eigenvalue weighted by atomic mass is 32.2. The lowest BCUT2D eigenvalue weighted by molar-refractivity contribution is -0.115. The molecule has 30 heavy (non-hydrogen) atoms. The van der Waals surface area contributed by atoms with Crippen molar-refractivity contribution in [3.8, 4) is 5.75 Å². The lowest BCUT2D eigenvalue weighted by Crippen LogP contribution is -2.33. The fourth-order valence-electron chi connectivity index (χ4n) is 3.41. The number of nitrogens with two attached hydrogens (primary N) is 1. The Labute approximate surface area is 184 Å². The number of aryl methyl sites for hydroxylation is 1. The molecule has 3 N–H and O–H groups in total. The maximum atomic E-state index is 12.2. The zero-order valence-corrected chi connectivity index (χ0v) is 18.5. The summed E-state index contributed by atoms with van der Waals surface area (Å²) in [4.78, 5) is 24.7. The van der Waals surface area contributed by atoms with Gasteiger partial charge in [-0.15, -0.1) is 0 Å². The maximum absolute atomic E-state index is 12.2. The molecule has 4 rings (SSSR count). The van der Waals surface area contributed by atoms with Crippen molar-refractivity contribution in [2.24, 2.45) is 4.99 Å². The number of rotatable bonds is 6. The van der Waals surface area contributed by atoms with Gasteiger partial charge in [0.1, 0.15) is 12.4 Å². The molecule has 1 aromatic carbocycles. The van der Waals surface area contributed by atoms with Gasteiger partial charge >= 0.3 is 0 Å². The van der Waals surface area contributed by atoms with E-state index in [1.165, 1.54) is 55.5 Å². The van der Waals surface area contributed by atoms with Crippen LogP contribution in [0.3, 0.4) is 0 Å². The molecule has 2 aliphatic rings. The van der Waals surface area contributed by atoms with Crippen molar-refractivity contribution < 1.29 is 9.53 Å². The van der Waals surface area contributed by atoms with Gasteiger partial charge in [-0.2, -0.15) is 0 Å². The summed E-state index contributed by atoms with van der Waals surface area (Å²) in [5.41, 5.74) is 7.46. The normalized spacial score (nSPS) is 20.1. The number of hydrogen-bond acceptors (Lipinski definition) is 8. The Morgan fingerprint density at radius 1 is 1.33 bits per heavy atom. The summed E-state index contributed by atoms with van der Waals surface area (Å²) in [6.07, 6.45) is 7.36. The van der Waals surface area contributed by atoms with Crippen molar-refractivity contribution in [3.05, 3.63) is 39.7 Å². The third-order valence-corrected chi connectivity index (χ3v) is 6.66. The summed E-state index contributed by atoms with van der Waals surface area (Å²) in [5, 5.41) is 3.85. The van der Waals surface area contributed by atoms with Crippen molar-refractivity contribution in [1.29, 1.82) is 0 Å². The number of carbonyl (C=O) groups is 1. The summed E-state index contributed by atoms with van der Waals surface area (Å²) < 4.78 is 5.93. The van der Waals surface area contributed by atoms with Crippen LogP contribution in [-0.2, 0) is 4.79 Å². The number of anilines is 1. The second-order valence-electron chi connectivity index (χ2n) is 7.28. The topological polar surface area (TPSA) is 92.8 Å². The molecule has 0 unspecified atom stereocenters. The highest BCUT2D eigenvalue weighted by Gasteiger charge is 2.24. The van der Waals surface area contributed by atoms with Crippen LogP contribution in [0.5, 0.6) is 5.75 Å². The zero-order chi connectivity index (χ0) is 20.9. The van der Waals surface area contributed by atoms with E-state index in [0.29, 0.717) is 21.8 Å². The number of piperidine rings is 1. The summed E-state index contributed by atoms with van der Waals surface area (Å²) in [5.74, 6) is 0.681. The second kappa shape index (κ2) is 9.63. The van der Waals surface area contributed by atoms with E-state index in [0.717, 1.165) is 28.4 Å². The molecule has 0 bridgehead atoms. The first kappa shape index (κ1) is 20.9. The predicted octanol–water partition coefficient (Wildman–Crippen LogP) is 3.79. The number of benzene rings is 1. The average molecular weight is 444 g/mol. The molecule has 0 spiro atoms. The Morgan fingerprint density at radius 3 is 2.90 bits per heavy atom. The van der Waals surface area contributed by atoms with Crippen LogP contribution in [0.4, 0.5) is 10.8 Å². The molecule has 158 valence electrons. The van der Waals surface area contributed by atoms with Gasteiger partial charge in [0.25, 0.3) is 5.91 Å². The highest BCUT2D eigenvalue weighted by Crippen LogP contribution is 2.31. The molecule has 3 heterocycles. The van der Waals surface area contributed by atoms with E-state index < -0.39 is 0 Å². The SMILES string of the molecule is Cc1cc(OCCN2CCCCC2)ccc1N=C1NC(=O)C(=Cc2cnc(N)s2)S1. The first-order valence-corrected chi connectivity index (χ1v) is 11.7. The van der Waals surface area contributed by atoms with Gasteiger partial charge in [-0.25, -0.2) is 9.98 Å². The Bertz CT molecular complexity index is 980. The van der Waals surface area contributed by atoms with Gasteiger partial charge in [0.05, 0.1) is 15.5 Å². The van der Waals surface area contributed by atoms with Gasteiger partial charge in [0.2, 0.25) is 0 Å². The number of thioether (sulfide) groups is 1. The van der Waals surface area contributed by atoms with Crippen molar-refractivity contribution in [3.63, 3.8) is 0 Å². The molecule has 1 aromatic heterocycles. The lowest BCUT2D eigenvalue weighted by Gasteiger charge is -2.26. The molecular formula is C21H25N5O2S2. The van der Waals surface area contributed by atoms with E-state index in [1.54, 1.807) is 12.3 Å². The molecule has 9 heteroatoms. The van der Waals surface area contributed by atoms with E-state index >= 15 is 0 Å². The number of carbonyl (C=O) groups excluding carboxylic acids is 1. The van der Waals surface area contributed by atoms with Crippen LogP contribution in [0.1, 0.15) is 29.7 Å². The first-order chi connectivity index (χ1) is 14.6. The smallest absolute Gasteiger partial charge is 0.264 e. The number of nitrogens with one attached hydrogen (secondary N) is 1. The number of aliphatic imine (C=N–C) groups is 1. The molecule has 0 radical (unpaired) electrons. The number of thiazole rings is 1. The van der Waals surface area contributed by atoms with E-state index in [1.807, 2.05) is 25.1 Å². The Hall–Kier alpha value is -2.36. The maximum Gasteiger partial charge on any atom is 0.264 e. The molecule has 0 saturated carbocycles. The number of likely N-dealkylation sites (tertiary alicyclic amines) is 1. The number of nitrogen functional groups attached to an aromatic ring is 1. The van der Waals surface area contributed by atoms with Crippen molar-refractivity contribution in [2.45, 2.75) is 26.2 Å². The minimum absolute atomic E-state index is 0.166. The van der Waals surface area contributed by atoms with E-state index in [9.17, 15) is 4.79 Å². The quantitative estimate of drug-likeness (QED) is 0.660. The number of nitrogens with zero attached hydrogens (tertiary/aromatic N) is 3. The molecule has 0 aliphatic carbocycles. The van der Waals surface area contributed by atoms with Crippen molar-refractivity contribution in [2.75, 3.05) is 32.0 Å². The molecule has 7 nitrogen and oxygen atoms in total. The molecule has 1 amide bonds. The molecule has 2 fully saturated rings. The third kappa shape index (κ3) is 5.41. The van der Waals surface area contributed by atoms with Gasteiger partial charge in [-0.05, 0) is 74.5 Å². The van der Waals surface area contributed by atoms with E-state index in [4.69, 9.17) is 10.5 Å². The van der Waals surface area contributed by atoms with Gasteiger partial charge in [-0.1, -0.05) is 17.8 Å². The Balaban J connectivity index is 1.36. The second-order valence-corrected chi connectivity index (χ2v) is 9.41. The molecule has 2 saturated heterocycles. The van der Waals surface area contributed by atoms with Crippen LogP contribution in [0.2, 0.25) is 0 Å². The third-order valence-electron chi connectivity index (χ3n) is 4.98. The highest BCUT2D eigenvalue weighted by molar-refractivity contribution is 8.18. The molecular weight excluding hydrogens is 418 g/mol. The summed E-state index contributed by atoms with van der Waals surface area (Å²) in [6.45, 7) is 6.00. The van der Waals surface area contributed by atoms with Gasteiger partial charge < -0.3 is 15.8 Å². The molecule has 2 aliphatic heterocycles. The molecule has 2 aromatic rings. The van der Waals surface area contributed by atoms with Crippen LogP contribution in [0.25, 0.3) is 6.08 Å². The average Bonchev–Trinajstić information content (AvgIpc) is 3.30. The number of amidine groups is 1. The van der Waals surface area contributed by atoms with Crippen LogP contribution < -0.4 is 15.8 Å². The predicted molar refractivity (Wildman–Crippen MR) is 124 cm³/mol. The van der Waals surface area contributed by atoms with E-state index in [-0.39, 0.29) is 5.91 Å². The summed E-state index contributed by atoms with van der Waals surface area (Å²) >= 11 is 2.65. The first-order valence-electron chi connectivity index (χ1n) is 10.0. The number of hydrogen-bond donors (Lipinski definition) is 2. The largest absolute Gasteiger partial charge is 0.492 e. The Kier molecular flexibility index (Phi) is 6.71. The fourth-order valence-corrected chi connectivity index (χ4v) is 4.93. The fraction of sp³-hybridized carbons (Fsp3) is 0.381. The summed E-state index contributed by atoms with van der Waals surface area (Å²) in [6, 6.07) is 5.85. The minimum Gasteiger partial charge on any atom is -0.492 e. The molecule has 0 atom stereocenters. The van der Waals surface area contributed by atoms with Gasteiger partial charge in [0.15, 0.2) is 10.3 Å². The number of ether oxygens (including phenoxy) is 1. The van der Waals surface area contributed by atoms with Crippen LogP contribution in [0.15, 0.2) is 34.3 Å². The van der Waals surface area contributed by atoms with E-state index in [2.05, 4.69) is 20.2 Å². The zero-order valence-electron chi connectivity index (χ0n) is 16.9. The van der Waals surface area contributed by atoms with Crippen molar-refractivity contribution >= 4 is 51.1 Å². The number of aromatic nitrogens is 1. The van der Waals surface area contributed by atoms with Crippen LogP contribution in [-0.4, -0.2) is 47.2 Å².